The number of ether oxygens (including phenoxy) is 1. The number of amides is 2. The van der Waals surface area contributed by atoms with Crippen LogP contribution in [0.2, 0.25) is 0 Å². The molecule has 0 atom stereocenters. The van der Waals surface area contributed by atoms with Crippen molar-refractivity contribution in [2.45, 2.75) is 41.2 Å². The fraction of sp³-hybridized carbons (Fsp3) is 0.500. The molecule has 192 valence electrons. The van der Waals surface area contributed by atoms with Crippen molar-refractivity contribution in [1.29, 1.82) is 0 Å². The molecule has 0 aliphatic heterocycles. The molecule has 11 nitrogen and oxygen atoms in total. The van der Waals surface area contributed by atoms with Crippen LogP contribution >= 0.6 is 0 Å². The minimum Gasteiger partial charge on any atom is -0.383 e. The van der Waals surface area contributed by atoms with E-state index in [4.69, 9.17) is 10.5 Å². The number of anilines is 4. The van der Waals surface area contributed by atoms with Crippen LogP contribution in [0.15, 0.2) is 27.8 Å². The molecular formula is C24H36N6O5. The van der Waals surface area contributed by atoms with Crippen LogP contribution in [0.1, 0.15) is 33.3 Å². The van der Waals surface area contributed by atoms with Gasteiger partial charge in [-0.2, -0.15) is 0 Å². The second kappa shape index (κ2) is 12.2. The highest BCUT2D eigenvalue weighted by molar-refractivity contribution is 5.98. The molecule has 0 unspecified atom stereocenters. The molecule has 1 aromatic heterocycles. The summed E-state index contributed by atoms with van der Waals surface area (Å²) in [5.41, 5.74) is 6.87. The number of hydrogen-bond donors (Lipinski definition) is 4. The molecule has 0 fully saturated rings. The van der Waals surface area contributed by atoms with Crippen molar-refractivity contribution in [1.82, 2.24) is 9.55 Å². The van der Waals surface area contributed by atoms with E-state index in [1.54, 1.807) is 26.0 Å². The van der Waals surface area contributed by atoms with E-state index in [0.717, 1.165) is 5.56 Å². The molecule has 0 saturated heterocycles. The second-order valence-electron chi connectivity index (χ2n) is 9.06. The third-order valence-corrected chi connectivity index (χ3v) is 5.31. The lowest BCUT2D eigenvalue weighted by Crippen LogP contribution is -2.44. The monoisotopic (exact) mass is 488 g/mol. The maximum absolute atomic E-state index is 13.3. The van der Waals surface area contributed by atoms with E-state index in [-0.39, 0.29) is 55.5 Å². The SMILES string of the molecule is COCCN(C(=O)CNc1cc(NC(=O)C(C)C)ccc1C)c1c(N)n(CC(C)C)c(=O)[nH]c1=O. The van der Waals surface area contributed by atoms with Gasteiger partial charge in [0.15, 0.2) is 5.69 Å². The number of aryl methyl sites for hydroxylation is 1. The Balaban J connectivity index is 2.34. The van der Waals surface area contributed by atoms with Gasteiger partial charge in [0.25, 0.3) is 5.56 Å². The minimum absolute atomic E-state index is 0.0631. The van der Waals surface area contributed by atoms with Gasteiger partial charge in [0, 0.05) is 37.5 Å². The number of aromatic amines is 1. The van der Waals surface area contributed by atoms with E-state index in [1.165, 1.54) is 16.6 Å². The molecule has 0 aliphatic rings. The normalized spacial score (nSPS) is 11.1. The Morgan fingerprint density at radius 3 is 2.49 bits per heavy atom. The number of nitrogens with two attached hydrogens (primary N) is 1. The fourth-order valence-electron chi connectivity index (χ4n) is 3.37. The van der Waals surface area contributed by atoms with E-state index >= 15 is 0 Å². The highest BCUT2D eigenvalue weighted by Crippen LogP contribution is 2.22. The van der Waals surface area contributed by atoms with Gasteiger partial charge in [0.2, 0.25) is 11.8 Å². The Kier molecular flexibility index (Phi) is 9.64. The highest BCUT2D eigenvalue weighted by Gasteiger charge is 2.24. The molecular weight excluding hydrogens is 452 g/mol. The first-order valence-electron chi connectivity index (χ1n) is 11.5. The summed E-state index contributed by atoms with van der Waals surface area (Å²) in [7, 11) is 1.48. The van der Waals surface area contributed by atoms with Crippen molar-refractivity contribution in [3.8, 4) is 0 Å². The maximum atomic E-state index is 13.3. The van der Waals surface area contributed by atoms with Gasteiger partial charge in [-0.1, -0.05) is 33.8 Å². The van der Waals surface area contributed by atoms with Crippen LogP contribution in [0.3, 0.4) is 0 Å². The minimum atomic E-state index is -0.744. The van der Waals surface area contributed by atoms with E-state index < -0.39 is 17.2 Å². The predicted molar refractivity (Wildman–Crippen MR) is 138 cm³/mol. The van der Waals surface area contributed by atoms with Crippen LogP contribution in [0.4, 0.5) is 22.9 Å². The quantitative estimate of drug-likeness (QED) is 0.376. The summed E-state index contributed by atoms with van der Waals surface area (Å²) in [6.07, 6.45) is 0. The summed E-state index contributed by atoms with van der Waals surface area (Å²) in [5.74, 6) is -0.722. The number of benzene rings is 1. The van der Waals surface area contributed by atoms with E-state index in [0.29, 0.717) is 11.4 Å². The Morgan fingerprint density at radius 2 is 1.89 bits per heavy atom. The van der Waals surface area contributed by atoms with Gasteiger partial charge in [-0.25, -0.2) is 4.79 Å². The molecule has 2 aromatic rings. The van der Waals surface area contributed by atoms with Crippen molar-refractivity contribution in [3.63, 3.8) is 0 Å². The third-order valence-electron chi connectivity index (χ3n) is 5.31. The molecule has 0 radical (unpaired) electrons. The summed E-state index contributed by atoms with van der Waals surface area (Å²) in [6.45, 7) is 9.64. The second-order valence-corrected chi connectivity index (χ2v) is 9.06. The maximum Gasteiger partial charge on any atom is 0.330 e. The Bertz CT molecular complexity index is 1170. The molecule has 0 spiro atoms. The lowest BCUT2D eigenvalue weighted by atomic mass is 10.1. The smallest absolute Gasteiger partial charge is 0.330 e. The summed E-state index contributed by atoms with van der Waals surface area (Å²) in [5, 5.41) is 5.90. The zero-order valence-corrected chi connectivity index (χ0v) is 21.2. The number of nitrogens with one attached hydrogen (secondary N) is 3. The van der Waals surface area contributed by atoms with E-state index in [2.05, 4.69) is 15.6 Å². The molecule has 0 bridgehead atoms. The Hall–Kier alpha value is -3.60. The van der Waals surface area contributed by atoms with Crippen LogP contribution in [0.25, 0.3) is 0 Å². The average molecular weight is 489 g/mol. The number of methoxy groups -OCH3 is 1. The zero-order valence-electron chi connectivity index (χ0n) is 21.2. The third kappa shape index (κ3) is 7.19. The fourth-order valence-corrected chi connectivity index (χ4v) is 3.37. The molecule has 2 rings (SSSR count). The van der Waals surface area contributed by atoms with Crippen molar-refractivity contribution in [2.24, 2.45) is 11.8 Å². The van der Waals surface area contributed by atoms with Crippen molar-refractivity contribution in [2.75, 3.05) is 48.1 Å². The lowest BCUT2D eigenvalue weighted by molar-refractivity contribution is -0.119. The van der Waals surface area contributed by atoms with Gasteiger partial charge < -0.3 is 26.0 Å². The summed E-state index contributed by atoms with van der Waals surface area (Å²) < 4.78 is 6.38. The summed E-state index contributed by atoms with van der Waals surface area (Å²) in [6, 6.07) is 5.36. The van der Waals surface area contributed by atoms with Crippen LogP contribution in [0.5, 0.6) is 0 Å². The number of rotatable bonds is 11. The number of hydrogen-bond acceptors (Lipinski definition) is 7. The average Bonchev–Trinajstić information content (AvgIpc) is 2.78. The number of H-pyrrole nitrogens is 1. The van der Waals surface area contributed by atoms with E-state index in [9.17, 15) is 19.2 Å². The number of nitrogens with zero attached hydrogens (tertiary/aromatic N) is 2. The topological polar surface area (TPSA) is 152 Å². The molecule has 35 heavy (non-hydrogen) atoms. The molecule has 0 aliphatic carbocycles. The zero-order chi connectivity index (χ0) is 26.3. The molecule has 1 heterocycles. The first-order chi connectivity index (χ1) is 16.5. The van der Waals surface area contributed by atoms with Gasteiger partial charge >= 0.3 is 5.69 Å². The van der Waals surface area contributed by atoms with Gasteiger partial charge in [-0.3, -0.25) is 23.9 Å². The highest BCUT2D eigenvalue weighted by atomic mass is 16.5. The van der Waals surface area contributed by atoms with Crippen molar-refractivity contribution < 1.29 is 14.3 Å². The summed E-state index contributed by atoms with van der Waals surface area (Å²) in [4.78, 5) is 53.8. The van der Waals surface area contributed by atoms with Gasteiger partial charge in [-0.05, 0) is 30.5 Å². The Labute approximate surface area is 204 Å². The molecule has 5 N–H and O–H groups in total. The van der Waals surface area contributed by atoms with Crippen LogP contribution < -0.4 is 32.5 Å². The largest absolute Gasteiger partial charge is 0.383 e. The molecule has 0 saturated carbocycles. The first-order valence-corrected chi connectivity index (χ1v) is 11.5. The van der Waals surface area contributed by atoms with Crippen LogP contribution in [-0.4, -0.2) is 48.2 Å². The van der Waals surface area contributed by atoms with Crippen molar-refractivity contribution in [3.05, 3.63) is 44.6 Å². The predicted octanol–water partition coefficient (Wildman–Crippen LogP) is 1.77. The summed E-state index contributed by atoms with van der Waals surface area (Å²) >= 11 is 0. The number of aromatic nitrogens is 2. The molecule has 1 aromatic carbocycles. The Morgan fingerprint density at radius 1 is 1.20 bits per heavy atom. The van der Waals surface area contributed by atoms with Crippen LogP contribution in [-0.2, 0) is 20.9 Å². The number of nitrogen functional groups attached to an aromatic ring is 1. The van der Waals surface area contributed by atoms with Gasteiger partial charge in [0.05, 0.1) is 13.2 Å². The van der Waals surface area contributed by atoms with Gasteiger partial charge in [-0.15, -0.1) is 0 Å². The number of carbonyl (C=O) groups is 2. The number of carbonyl (C=O) groups excluding carboxylic acids is 2. The molecule has 2 amide bonds. The first kappa shape index (κ1) is 27.6. The van der Waals surface area contributed by atoms with Crippen molar-refractivity contribution >= 4 is 34.7 Å². The van der Waals surface area contributed by atoms with Crippen LogP contribution in [0, 0.1) is 18.8 Å². The molecule has 11 heteroatoms. The standard InChI is InChI=1S/C24H36N6O5/c1-14(2)13-30-21(25)20(23(33)28-24(30)34)29(9-10-35-6)19(31)12-26-18-11-17(8-7-16(18)5)27-22(32)15(3)4/h7-8,11,14-15,26H,9-10,12-13,25H2,1-6H3,(H,27,32)(H,28,33,34). The van der Waals surface area contributed by atoms with Gasteiger partial charge in [0.1, 0.15) is 5.82 Å². The van der Waals surface area contributed by atoms with E-state index in [1.807, 2.05) is 26.8 Å². The lowest BCUT2D eigenvalue weighted by Gasteiger charge is -2.25.